The summed E-state index contributed by atoms with van der Waals surface area (Å²) >= 11 is 0. The summed E-state index contributed by atoms with van der Waals surface area (Å²) in [5.41, 5.74) is 0. The number of ketones is 1. The molecule has 1 fully saturated rings. The molecule has 0 spiro atoms. The summed E-state index contributed by atoms with van der Waals surface area (Å²) in [5.74, 6) is 0.838. The first-order valence-corrected chi connectivity index (χ1v) is 7.57. The summed E-state index contributed by atoms with van der Waals surface area (Å²) in [4.78, 5) is 13.8. The third kappa shape index (κ3) is 7.83. The monoisotopic (exact) mass is 258 g/mol. The van der Waals surface area contributed by atoms with E-state index < -0.39 is 0 Å². The fourth-order valence-corrected chi connectivity index (χ4v) is 2.22. The third-order valence-corrected chi connectivity index (χ3v) is 3.10. The van der Waals surface area contributed by atoms with Gasteiger partial charge in [-0.2, -0.15) is 0 Å². The second-order valence-electron chi connectivity index (χ2n) is 4.29. The molecule has 1 atom stereocenters. The van der Waals surface area contributed by atoms with Gasteiger partial charge in [0.2, 0.25) is 0 Å². The SMILES string of the molecule is CC.CC.CCNC(C(C)=O)C1CCN(C)CC1. The second-order valence-corrected chi connectivity index (χ2v) is 4.29. The molecule has 0 saturated carbocycles. The van der Waals surface area contributed by atoms with Crippen molar-refractivity contribution in [2.45, 2.75) is 60.4 Å². The molecule has 0 aromatic carbocycles. The molecule has 3 nitrogen and oxygen atoms in total. The van der Waals surface area contributed by atoms with Crippen molar-refractivity contribution in [1.82, 2.24) is 10.2 Å². The summed E-state index contributed by atoms with van der Waals surface area (Å²) in [6, 6.07) is 0.0914. The van der Waals surface area contributed by atoms with Crippen molar-refractivity contribution in [1.29, 1.82) is 0 Å². The van der Waals surface area contributed by atoms with Crippen LogP contribution in [-0.4, -0.2) is 43.4 Å². The number of nitrogens with one attached hydrogen (secondary N) is 1. The number of nitrogens with zero attached hydrogens (tertiary/aromatic N) is 1. The highest BCUT2D eigenvalue weighted by Crippen LogP contribution is 2.20. The van der Waals surface area contributed by atoms with Gasteiger partial charge in [-0.1, -0.05) is 34.6 Å². The van der Waals surface area contributed by atoms with Crippen LogP contribution in [0.15, 0.2) is 0 Å². The highest BCUT2D eigenvalue weighted by atomic mass is 16.1. The number of hydrogen-bond acceptors (Lipinski definition) is 3. The zero-order valence-electron chi connectivity index (χ0n) is 13.5. The largest absolute Gasteiger partial charge is 0.308 e. The van der Waals surface area contributed by atoms with Gasteiger partial charge in [-0.25, -0.2) is 0 Å². The van der Waals surface area contributed by atoms with Crippen LogP contribution >= 0.6 is 0 Å². The van der Waals surface area contributed by atoms with Gasteiger partial charge in [0, 0.05) is 0 Å². The quantitative estimate of drug-likeness (QED) is 0.841. The van der Waals surface area contributed by atoms with Crippen molar-refractivity contribution < 1.29 is 4.79 Å². The molecule has 3 heteroatoms. The lowest BCUT2D eigenvalue weighted by atomic mass is 9.87. The summed E-state index contributed by atoms with van der Waals surface area (Å²) in [7, 11) is 2.15. The van der Waals surface area contributed by atoms with Gasteiger partial charge in [0.1, 0.15) is 5.78 Å². The van der Waals surface area contributed by atoms with Gasteiger partial charge in [-0.15, -0.1) is 0 Å². The predicted octanol–water partition coefficient (Wildman–Crippen LogP) is 2.95. The van der Waals surface area contributed by atoms with Crippen molar-refractivity contribution in [3.05, 3.63) is 0 Å². The van der Waals surface area contributed by atoms with Gasteiger partial charge in [0.25, 0.3) is 0 Å². The Hall–Kier alpha value is -0.410. The van der Waals surface area contributed by atoms with Crippen LogP contribution in [0.25, 0.3) is 0 Å². The molecule has 0 radical (unpaired) electrons. The van der Waals surface area contributed by atoms with Crippen molar-refractivity contribution in [3.8, 4) is 0 Å². The normalized spacial score (nSPS) is 17.9. The lowest BCUT2D eigenvalue weighted by Gasteiger charge is -2.33. The molecule has 0 aromatic heterocycles. The van der Waals surface area contributed by atoms with Crippen LogP contribution in [0.2, 0.25) is 0 Å². The molecule has 18 heavy (non-hydrogen) atoms. The van der Waals surface area contributed by atoms with Crippen LogP contribution in [0, 0.1) is 5.92 Å². The number of Topliss-reactive ketones (excluding diaryl/α,β-unsaturated/α-hetero) is 1. The van der Waals surface area contributed by atoms with E-state index in [9.17, 15) is 4.79 Å². The Morgan fingerprint density at radius 3 is 2.00 bits per heavy atom. The highest BCUT2D eigenvalue weighted by Gasteiger charge is 2.27. The molecule has 1 saturated heterocycles. The molecular weight excluding hydrogens is 224 g/mol. The standard InChI is InChI=1S/C11H22N2O.2C2H6/c1-4-12-11(9(2)14)10-5-7-13(3)8-6-10;2*1-2/h10-12H,4-8H2,1-3H3;2*1-2H3. The van der Waals surface area contributed by atoms with E-state index in [-0.39, 0.29) is 6.04 Å². The van der Waals surface area contributed by atoms with E-state index in [1.54, 1.807) is 6.92 Å². The number of hydrogen-bond donors (Lipinski definition) is 1. The van der Waals surface area contributed by atoms with Gasteiger partial charge >= 0.3 is 0 Å². The van der Waals surface area contributed by atoms with Crippen LogP contribution in [0.3, 0.4) is 0 Å². The summed E-state index contributed by atoms with van der Waals surface area (Å²) in [5, 5.41) is 3.30. The molecule has 1 aliphatic rings. The summed E-state index contributed by atoms with van der Waals surface area (Å²) < 4.78 is 0. The number of rotatable bonds is 4. The van der Waals surface area contributed by atoms with E-state index in [1.807, 2.05) is 27.7 Å². The van der Waals surface area contributed by atoms with Crippen LogP contribution in [0.4, 0.5) is 0 Å². The van der Waals surface area contributed by atoms with E-state index in [4.69, 9.17) is 0 Å². The number of likely N-dealkylation sites (tertiary alicyclic amines) is 1. The third-order valence-electron chi connectivity index (χ3n) is 3.10. The van der Waals surface area contributed by atoms with E-state index in [2.05, 4.69) is 24.2 Å². The van der Waals surface area contributed by atoms with Crippen LogP contribution in [0.1, 0.15) is 54.4 Å². The number of carbonyl (C=O) groups excluding carboxylic acids is 1. The molecule has 1 N–H and O–H groups in total. The smallest absolute Gasteiger partial charge is 0.146 e. The fraction of sp³-hybridized carbons (Fsp3) is 0.933. The number of piperidine rings is 1. The molecule has 110 valence electrons. The van der Waals surface area contributed by atoms with E-state index in [0.29, 0.717) is 11.7 Å². The van der Waals surface area contributed by atoms with E-state index in [0.717, 1.165) is 32.5 Å². The lowest BCUT2D eigenvalue weighted by molar-refractivity contribution is -0.120. The van der Waals surface area contributed by atoms with Crippen molar-refractivity contribution in [2.24, 2.45) is 5.92 Å². The van der Waals surface area contributed by atoms with E-state index in [1.165, 1.54) is 0 Å². The van der Waals surface area contributed by atoms with Gasteiger partial charge in [0.05, 0.1) is 6.04 Å². The van der Waals surface area contributed by atoms with Crippen molar-refractivity contribution in [3.63, 3.8) is 0 Å². The predicted molar refractivity (Wildman–Crippen MR) is 81.1 cm³/mol. The van der Waals surface area contributed by atoms with Crippen molar-refractivity contribution >= 4 is 5.78 Å². The Labute approximate surface area is 114 Å². The minimum absolute atomic E-state index is 0.0914. The topological polar surface area (TPSA) is 32.3 Å². The molecule has 0 bridgehead atoms. The molecule has 0 aromatic rings. The van der Waals surface area contributed by atoms with Crippen LogP contribution in [-0.2, 0) is 4.79 Å². The molecule has 1 heterocycles. The maximum absolute atomic E-state index is 11.4. The Bertz CT molecular complexity index is 187. The van der Waals surface area contributed by atoms with Crippen LogP contribution in [0.5, 0.6) is 0 Å². The second kappa shape index (κ2) is 13.0. The average Bonchev–Trinajstić information content (AvgIpc) is 2.41. The minimum Gasteiger partial charge on any atom is -0.308 e. The molecule has 0 aliphatic carbocycles. The number of likely N-dealkylation sites (N-methyl/N-ethyl adjacent to an activating group) is 1. The van der Waals surface area contributed by atoms with Crippen molar-refractivity contribution in [2.75, 3.05) is 26.7 Å². The van der Waals surface area contributed by atoms with Gasteiger partial charge in [0.15, 0.2) is 0 Å². The Kier molecular flexibility index (Phi) is 14.4. The fourth-order valence-electron chi connectivity index (χ4n) is 2.22. The maximum Gasteiger partial charge on any atom is 0.146 e. The van der Waals surface area contributed by atoms with Gasteiger partial charge in [-0.3, -0.25) is 4.79 Å². The zero-order valence-corrected chi connectivity index (χ0v) is 13.5. The molecular formula is C15H34N2O. The first-order valence-electron chi connectivity index (χ1n) is 7.57. The molecule has 1 rings (SSSR count). The highest BCUT2D eigenvalue weighted by molar-refractivity contribution is 5.81. The minimum atomic E-state index is 0.0914. The summed E-state index contributed by atoms with van der Waals surface area (Å²) in [6.07, 6.45) is 2.29. The van der Waals surface area contributed by atoms with Crippen LogP contribution < -0.4 is 5.32 Å². The molecule has 1 aliphatic heterocycles. The summed E-state index contributed by atoms with van der Waals surface area (Å²) in [6.45, 7) is 14.9. The first-order chi connectivity index (χ1) is 8.65. The number of carbonyl (C=O) groups is 1. The average molecular weight is 258 g/mol. The van der Waals surface area contributed by atoms with Gasteiger partial charge in [-0.05, 0) is 52.4 Å². The first kappa shape index (κ1) is 19.9. The Balaban J connectivity index is 0. The molecule has 0 amide bonds. The van der Waals surface area contributed by atoms with Gasteiger partial charge < -0.3 is 10.2 Å². The Morgan fingerprint density at radius 1 is 1.22 bits per heavy atom. The zero-order chi connectivity index (χ0) is 14.6. The Morgan fingerprint density at radius 2 is 1.67 bits per heavy atom. The maximum atomic E-state index is 11.4. The van der Waals surface area contributed by atoms with E-state index >= 15 is 0 Å². The molecule has 1 unspecified atom stereocenters. The lowest BCUT2D eigenvalue weighted by Crippen LogP contribution is -2.46.